The van der Waals surface area contributed by atoms with Gasteiger partial charge in [0.15, 0.2) is 0 Å². The van der Waals surface area contributed by atoms with E-state index in [2.05, 4.69) is 15.9 Å². The minimum atomic E-state index is -0.790. The molecule has 1 atom stereocenters. The maximum atomic E-state index is 13.4. The highest BCUT2D eigenvalue weighted by atomic mass is 79.9. The van der Waals surface area contributed by atoms with Crippen molar-refractivity contribution in [2.45, 2.75) is 12.5 Å². The third kappa shape index (κ3) is 3.14. The van der Waals surface area contributed by atoms with E-state index in [0.717, 1.165) is 5.56 Å². The average molecular weight is 325 g/mol. The van der Waals surface area contributed by atoms with E-state index in [4.69, 9.17) is 4.74 Å². The van der Waals surface area contributed by atoms with E-state index in [0.29, 0.717) is 22.2 Å². The molecule has 2 rings (SSSR count). The molecule has 0 fully saturated rings. The molecule has 0 aliphatic rings. The van der Waals surface area contributed by atoms with E-state index in [1.54, 1.807) is 19.2 Å². The molecule has 4 heteroatoms. The maximum absolute atomic E-state index is 13.4. The Labute approximate surface area is 120 Å². The zero-order chi connectivity index (χ0) is 13.8. The Kier molecular flexibility index (Phi) is 4.56. The number of aliphatic hydroxyl groups excluding tert-OH is 1. The highest BCUT2D eigenvalue weighted by Crippen LogP contribution is 2.30. The van der Waals surface area contributed by atoms with Crippen LogP contribution in [0.15, 0.2) is 46.9 Å². The number of aliphatic hydroxyl groups is 1. The van der Waals surface area contributed by atoms with Crippen molar-refractivity contribution in [2.75, 3.05) is 7.11 Å². The predicted molar refractivity (Wildman–Crippen MR) is 75.8 cm³/mol. The molecule has 0 radical (unpaired) electrons. The molecule has 2 aromatic rings. The largest absolute Gasteiger partial charge is 0.496 e. The molecule has 19 heavy (non-hydrogen) atoms. The summed E-state index contributed by atoms with van der Waals surface area (Å²) in [5.74, 6) is 0.339. The van der Waals surface area contributed by atoms with Crippen LogP contribution in [-0.2, 0) is 6.42 Å². The van der Waals surface area contributed by atoms with Gasteiger partial charge in [0.25, 0.3) is 0 Å². The SMILES string of the molecule is COc1ccccc1CC(O)c1cccc(F)c1Br. The molecule has 0 aromatic heterocycles. The van der Waals surface area contributed by atoms with E-state index in [-0.39, 0.29) is 5.82 Å². The molecule has 0 spiro atoms. The van der Waals surface area contributed by atoms with Gasteiger partial charge in [-0.15, -0.1) is 0 Å². The van der Waals surface area contributed by atoms with Gasteiger partial charge in [-0.25, -0.2) is 4.39 Å². The Morgan fingerprint density at radius 3 is 2.68 bits per heavy atom. The smallest absolute Gasteiger partial charge is 0.137 e. The Morgan fingerprint density at radius 2 is 1.95 bits per heavy atom. The van der Waals surface area contributed by atoms with Gasteiger partial charge >= 0.3 is 0 Å². The van der Waals surface area contributed by atoms with Crippen LogP contribution in [0.1, 0.15) is 17.2 Å². The fraction of sp³-hybridized carbons (Fsp3) is 0.200. The number of benzene rings is 2. The Balaban J connectivity index is 2.26. The first-order valence-electron chi connectivity index (χ1n) is 5.87. The van der Waals surface area contributed by atoms with Gasteiger partial charge in [-0.3, -0.25) is 0 Å². The van der Waals surface area contributed by atoms with E-state index in [9.17, 15) is 9.50 Å². The van der Waals surface area contributed by atoms with Crippen molar-refractivity contribution in [3.8, 4) is 5.75 Å². The Bertz CT molecular complexity index is 572. The van der Waals surface area contributed by atoms with Crippen molar-refractivity contribution in [1.82, 2.24) is 0 Å². The lowest BCUT2D eigenvalue weighted by atomic mass is 10.0. The van der Waals surface area contributed by atoms with Crippen molar-refractivity contribution in [2.24, 2.45) is 0 Å². The molecule has 0 bridgehead atoms. The normalized spacial score (nSPS) is 12.2. The molecule has 0 saturated heterocycles. The highest BCUT2D eigenvalue weighted by molar-refractivity contribution is 9.10. The van der Waals surface area contributed by atoms with Crippen molar-refractivity contribution >= 4 is 15.9 Å². The summed E-state index contributed by atoms with van der Waals surface area (Å²) in [6.07, 6.45) is -0.423. The Hall–Kier alpha value is -1.39. The van der Waals surface area contributed by atoms with Crippen LogP contribution >= 0.6 is 15.9 Å². The lowest BCUT2D eigenvalue weighted by molar-refractivity contribution is 0.176. The summed E-state index contributed by atoms with van der Waals surface area (Å²) in [5, 5.41) is 10.2. The third-order valence-corrected chi connectivity index (χ3v) is 3.78. The molecule has 0 heterocycles. The fourth-order valence-electron chi connectivity index (χ4n) is 1.97. The highest BCUT2D eigenvalue weighted by Gasteiger charge is 2.16. The van der Waals surface area contributed by atoms with Crippen molar-refractivity contribution < 1.29 is 14.2 Å². The van der Waals surface area contributed by atoms with Crippen LogP contribution in [0.25, 0.3) is 0 Å². The first-order chi connectivity index (χ1) is 9.13. The summed E-state index contributed by atoms with van der Waals surface area (Å²) in [6.45, 7) is 0. The fourth-order valence-corrected chi connectivity index (χ4v) is 2.50. The minimum absolute atomic E-state index is 0.303. The van der Waals surface area contributed by atoms with Gasteiger partial charge in [-0.2, -0.15) is 0 Å². The van der Waals surface area contributed by atoms with Crippen molar-refractivity contribution in [3.05, 3.63) is 63.9 Å². The molecule has 2 nitrogen and oxygen atoms in total. The molecule has 100 valence electrons. The second-order valence-corrected chi connectivity index (χ2v) is 4.97. The summed E-state index contributed by atoms with van der Waals surface area (Å²) in [4.78, 5) is 0. The first-order valence-corrected chi connectivity index (χ1v) is 6.66. The lowest BCUT2D eigenvalue weighted by Gasteiger charge is -2.15. The molecule has 1 unspecified atom stereocenters. The topological polar surface area (TPSA) is 29.5 Å². The summed E-state index contributed by atoms with van der Waals surface area (Å²) in [7, 11) is 1.59. The summed E-state index contributed by atoms with van der Waals surface area (Å²) in [5.41, 5.74) is 1.42. The number of ether oxygens (including phenoxy) is 1. The number of para-hydroxylation sites is 1. The Morgan fingerprint density at radius 1 is 1.21 bits per heavy atom. The van der Waals surface area contributed by atoms with Crippen LogP contribution in [-0.4, -0.2) is 12.2 Å². The van der Waals surface area contributed by atoms with Crippen LogP contribution in [0, 0.1) is 5.82 Å². The molecular formula is C15H14BrFO2. The van der Waals surface area contributed by atoms with Crippen molar-refractivity contribution in [3.63, 3.8) is 0 Å². The van der Waals surface area contributed by atoms with Crippen LogP contribution in [0.3, 0.4) is 0 Å². The van der Waals surface area contributed by atoms with Gasteiger partial charge < -0.3 is 9.84 Å². The quantitative estimate of drug-likeness (QED) is 0.925. The van der Waals surface area contributed by atoms with Gasteiger partial charge in [0, 0.05) is 6.42 Å². The van der Waals surface area contributed by atoms with Crippen LogP contribution in [0.4, 0.5) is 4.39 Å². The third-order valence-electron chi connectivity index (χ3n) is 2.95. The molecule has 0 amide bonds. The molecular weight excluding hydrogens is 311 g/mol. The molecule has 0 aliphatic heterocycles. The first kappa shape index (κ1) is 14.0. The van der Waals surface area contributed by atoms with Crippen molar-refractivity contribution in [1.29, 1.82) is 0 Å². The zero-order valence-corrected chi connectivity index (χ0v) is 12.0. The summed E-state index contributed by atoms with van der Waals surface area (Å²) in [6, 6.07) is 12.1. The van der Waals surface area contributed by atoms with Crippen LogP contribution in [0.5, 0.6) is 5.75 Å². The lowest BCUT2D eigenvalue weighted by Crippen LogP contribution is -2.05. The molecule has 0 saturated carbocycles. The minimum Gasteiger partial charge on any atom is -0.496 e. The predicted octanol–water partition coefficient (Wildman–Crippen LogP) is 3.87. The second-order valence-electron chi connectivity index (χ2n) is 4.17. The average Bonchev–Trinajstić information content (AvgIpc) is 2.42. The number of halogens is 2. The number of hydrogen-bond donors (Lipinski definition) is 1. The van der Waals surface area contributed by atoms with E-state index in [1.807, 2.05) is 24.3 Å². The summed E-state index contributed by atoms with van der Waals surface area (Å²) < 4.78 is 19.0. The maximum Gasteiger partial charge on any atom is 0.137 e. The molecule has 2 aromatic carbocycles. The van der Waals surface area contributed by atoms with Gasteiger partial charge in [0.2, 0.25) is 0 Å². The van der Waals surface area contributed by atoms with E-state index >= 15 is 0 Å². The van der Waals surface area contributed by atoms with E-state index in [1.165, 1.54) is 6.07 Å². The summed E-state index contributed by atoms with van der Waals surface area (Å²) >= 11 is 3.16. The second kappa shape index (κ2) is 6.17. The van der Waals surface area contributed by atoms with E-state index < -0.39 is 6.10 Å². The molecule has 0 aliphatic carbocycles. The monoisotopic (exact) mass is 324 g/mol. The standard InChI is InChI=1S/C15H14BrFO2/c1-19-14-8-3-2-5-10(14)9-13(18)11-6-4-7-12(17)15(11)16/h2-8,13,18H,9H2,1H3. The number of hydrogen-bond acceptors (Lipinski definition) is 2. The van der Waals surface area contributed by atoms with Crippen LogP contribution in [0.2, 0.25) is 0 Å². The van der Waals surface area contributed by atoms with Gasteiger partial charge in [-0.05, 0) is 39.2 Å². The van der Waals surface area contributed by atoms with Gasteiger partial charge in [-0.1, -0.05) is 30.3 Å². The van der Waals surface area contributed by atoms with Gasteiger partial charge in [0.05, 0.1) is 17.7 Å². The van der Waals surface area contributed by atoms with Crippen LogP contribution < -0.4 is 4.74 Å². The number of rotatable bonds is 4. The molecule has 1 N–H and O–H groups in total. The number of methoxy groups -OCH3 is 1. The zero-order valence-electron chi connectivity index (χ0n) is 10.4. The van der Waals surface area contributed by atoms with Gasteiger partial charge in [0.1, 0.15) is 11.6 Å².